The molecule has 1 aliphatic heterocycles. The van der Waals surface area contributed by atoms with E-state index < -0.39 is 12.1 Å². The molecule has 8 heteroatoms. The second kappa shape index (κ2) is 10.0. The fourth-order valence-electron chi connectivity index (χ4n) is 2.85. The third-order valence-corrected chi connectivity index (χ3v) is 4.56. The molecule has 0 spiro atoms. The topological polar surface area (TPSA) is 94.6 Å². The summed E-state index contributed by atoms with van der Waals surface area (Å²) in [6.07, 6.45) is 1.96. The van der Waals surface area contributed by atoms with Gasteiger partial charge in [0.2, 0.25) is 11.8 Å². The Balaban J connectivity index is 1.76. The van der Waals surface area contributed by atoms with Gasteiger partial charge in [-0.05, 0) is 25.0 Å². The van der Waals surface area contributed by atoms with Gasteiger partial charge in [0.1, 0.15) is 0 Å². The van der Waals surface area contributed by atoms with Gasteiger partial charge in [-0.15, -0.1) is 0 Å². The average molecular weight is 375 g/mol. The van der Waals surface area contributed by atoms with Crippen LogP contribution in [0.2, 0.25) is 0 Å². The largest absolute Gasteiger partial charge is 0.340 e. The van der Waals surface area contributed by atoms with Gasteiger partial charge in [-0.2, -0.15) is 0 Å². The minimum absolute atomic E-state index is 0.0403. The Kier molecular flexibility index (Phi) is 7.72. The predicted molar refractivity (Wildman–Crippen MR) is 102 cm³/mol. The Morgan fingerprint density at radius 2 is 1.81 bits per heavy atom. The Hall–Kier alpha value is -2.48. The number of nitrogens with one attached hydrogen (secondary N) is 2. The SMILES string of the molecule is CC(C)CNC(=O)NC(=O)C(C)N1CCN(C(=O)Cc2ccccn2)CC1. The van der Waals surface area contributed by atoms with Gasteiger partial charge in [0.15, 0.2) is 0 Å². The highest BCUT2D eigenvalue weighted by Gasteiger charge is 2.28. The predicted octanol–water partition coefficient (Wildman–Crippen LogP) is 0.639. The van der Waals surface area contributed by atoms with Crippen molar-refractivity contribution in [2.45, 2.75) is 33.2 Å². The summed E-state index contributed by atoms with van der Waals surface area (Å²) >= 11 is 0. The first-order valence-electron chi connectivity index (χ1n) is 9.37. The first-order chi connectivity index (χ1) is 12.9. The number of nitrogens with zero attached hydrogens (tertiary/aromatic N) is 3. The van der Waals surface area contributed by atoms with Crippen LogP contribution in [0.25, 0.3) is 0 Å². The van der Waals surface area contributed by atoms with Crippen LogP contribution in [0.3, 0.4) is 0 Å². The molecule has 8 nitrogen and oxygen atoms in total. The van der Waals surface area contributed by atoms with Crippen molar-refractivity contribution in [2.75, 3.05) is 32.7 Å². The normalized spacial score (nSPS) is 16.1. The second-order valence-corrected chi connectivity index (χ2v) is 7.18. The molecule has 1 aromatic rings. The Morgan fingerprint density at radius 3 is 2.41 bits per heavy atom. The zero-order valence-corrected chi connectivity index (χ0v) is 16.3. The molecular weight excluding hydrogens is 346 g/mol. The van der Waals surface area contributed by atoms with Crippen LogP contribution in [0.4, 0.5) is 4.79 Å². The first-order valence-corrected chi connectivity index (χ1v) is 9.37. The van der Waals surface area contributed by atoms with E-state index in [1.165, 1.54) is 0 Å². The van der Waals surface area contributed by atoms with E-state index in [1.54, 1.807) is 18.0 Å². The maximum Gasteiger partial charge on any atom is 0.321 e. The van der Waals surface area contributed by atoms with Crippen LogP contribution in [0.15, 0.2) is 24.4 Å². The lowest BCUT2D eigenvalue weighted by Gasteiger charge is -2.37. The summed E-state index contributed by atoms with van der Waals surface area (Å²) in [5.74, 6) is 0.0306. The Bertz CT molecular complexity index is 642. The third-order valence-electron chi connectivity index (χ3n) is 4.56. The molecule has 2 rings (SSSR count). The highest BCUT2D eigenvalue weighted by atomic mass is 16.2. The number of pyridine rings is 1. The van der Waals surface area contributed by atoms with E-state index in [4.69, 9.17) is 0 Å². The molecule has 0 aromatic carbocycles. The molecule has 148 valence electrons. The number of urea groups is 1. The number of hydrogen-bond donors (Lipinski definition) is 2. The quantitative estimate of drug-likeness (QED) is 0.761. The van der Waals surface area contributed by atoms with Crippen LogP contribution in [0, 0.1) is 5.92 Å². The number of rotatable bonds is 6. The lowest BCUT2D eigenvalue weighted by atomic mass is 10.2. The molecule has 1 saturated heterocycles. The van der Waals surface area contributed by atoms with Crippen molar-refractivity contribution in [3.05, 3.63) is 30.1 Å². The monoisotopic (exact) mass is 375 g/mol. The standard InChI is InChI=1S/C19H29N5O3/c1-14(2)13-21-19(27)22-18(26)15(3)23-8-10-24(11-9-23)17(25)12-16-6-4-5-7-20-16/h4-7,14-15H,8-13H2,1-3H3,(H2,21,22,26,27). The summed E-state index contributed by atoms with van der Waals surface area (Å²) < 4.78 is 0. The minimum Gasteiger partial charge on any atom is -0.340 e. The van der Waals surface area contributed by atoms with Crippen LogP contribution in [-0.4, -0.2) is 71.4 Å². The maximum atomic E-state index is 12.4. The van der Waals surface area contributed by atoms with Crippen LogP contribution >= 0.6 is 0 Å². The molecule has 1 atom stereocenters. The molecule has 27 heavy (non-hydrogen) atoms. The van der Waals surface area contributed by atoms with E-state index in [1.807, 2.05) is 36.9 Å². The molecule has 2 heterocycles. The number of hydrogen-bond acceptors (Lipinski definition) is 5. The minimum atomic E-state index is -0.468. The van der Waals surface area contributed by atoms with Crippen molar-refractivity contribution in [3.63, 3.8) is 0 Å². The molecule has 1 unspecified atom stereocenters. The highest BCUT2D eigenvalue weighted by molar-refractivity contribution is 5.96. The molecular formula is C19H29N5O3. The van der Waals surface area contributed by atoms with E-state index >= 15 is 0 Å². The smallest absolute Gasteiger partial charge is 0.321 e. The summed E-state index contributed by atoms with van der Waals surface area (Å²) in [6.45, 7) is 8.57. The van der Waals surface area contributed by atoms with Gasteiger partial charge >= 0.3 is 6.03 Å². The molecule has 4 amide bonds. The van der Waals surface area contributed by atoms with Crippen molar-refractivity contribution >= 4 is 17.8 Å². The Labute approximate surface area is 160 Å². The molecule has 0 saturated carbocycles. The fraction of sp³-hybridized carbons (Fsp3) is 0.579. The van der Waals surface area contributed by atoms with E-state index in [0.29, 0.717) is 38.6 Å². The van der Waals surface area contributed by atoms with E-state index in [-0.39, 0.29) is 18.2 Å². The van der Waals surface area contributed by atoms with E-state index in [2.05, 4.69) is 15.6 Å². The molecule has 2 N–H and O–H groups in total. The summed E-state index contributed by atoms with van der Waals surface area (Å²) in [7, 11) is 0. The lowest BCUT2D eigenvalue weighted by Crippen LogP contribution is -2.56. The molecule has 1 aliphatic rings. The number of imide groups is 1. The Morgan fingerprint density at radius 1 is 1.11 bits per heavy atom. The van der Waals surface area contributed by atoms with Crippen LogP contribution in [-0.2, 0) is 16.0 Å². The summed E-state index contributed by atoms with van der Waals surface area (Å²) in [5.41, 5.74) is 0.755. The summed E-state index contributed by atoms with van der Waals surface area (Å²) in [4.78, 5) is 44.3. The molecule has 0 bridgehead atoms. The van der Waals surface area contributed by atoms with Crippen LogP contribution in [0.5, 0.6) is 0 Å². The van der Waals surface area contributed by atoms with Gasteiger partial charge in [-0.25, -0.2) is 4.79 Å². The molecule has 0 aliphatic carbocycles. The zero-order chi connectivity index (χ0) is 19.8. The van der Waals surface area contributed by atoms with Gasteiger partial charge in [0, 0.05) is 44.6 Å². The van der Waals surface area contributed by atoms with Gasteiger partial charge in [0.05, 0.1) is 12.5 Å². The molecule has 1 fully saturated rings. The van der Waals surface area contributed by atoms with Crippen molar-refractivity contribution in [1.82, 2.24) is 25.4 Å². The van der Waals surface area contributed by atoms with E-state index in [0.717, 1.165) is 5.69 Å². The maximum absolute atomic E-state index is 12.4. The average Bonchev–Trinajstić information content (AvgIpc) is 2.66. The zero-order valence-electron chi connectivity index (χ0n) is 16.3. The second-order valence-electron chi connectivity index (χ2n) is 7.18. The summed E-state index contributed by atoms with van der Waals surface area (Å²) in [6, 6.07) is 4.63. The number of carbonyl (C=O) groups excluding carboxylic acids is 3. The fourth-order valence-corrected chi connectivity index (χ4v) is 2.85. The summed E-state index contributed by atoms with van der Waals surface area (Å²) in [5, 5.41) is 5.05. The van der Waals surface area contributed by atoms with Gasteiger partial charge < -0.3 is 10.2 Å². The van der Waals surface area contributed by atoms with Crippen molar-refractivity contribution in [2.24, 2.45) is 5.92 Å². The number of amides is 4. The van der Waals surface area contributed by atoms with Gasteiger partial charge in [0.25, 0.3) is 0 Å². The number of aromatic nitrogens is 1. The number of piperazine rings is 1. The van der Waals surface area contributed by atoms with Crippen molar-refractivity contribution < 1.29 is 14.4 Å². The van der Waals surface area contributed by atoms with Crippen LogP contribution in [0.1, 0.15) is 26.5 Å². The van der Waals surface area contributed by atoms with Crippen LogP contribution < -0.4 is 10.6 Å². The van der Waals surface area contributed by atoms with Crippen molar-refractivity contribution in [3.8, 4) is 0 Å². The van der Waals surface area contributed by atoms with Crippen molar-refractivity contribution in [1.29, 1.82) is 0 Å². The molecule has 1 aromatic heterocycles. The molecule has 0 radical (unpaired) electrons. The first kappa shape index (κ1) is 20.8. The third kappa shape index (κ3) is 6.63. The van der Waals surface area contributed by atoms with Gasteiger partial charge in [-0.1, -0.05) is 19.9 Å². The van der Waals surface area contributed by atoms with Gasteiger partial charge in [-0.3, -0.25) is 24.8 Å². The lowest BCUT2D eigenvalue weighted by molar-refractivity contribution is -0.133. The number of carbonyl (C=O) groups is 3. The highest BCUT2D eigenvalue weighted by Crippen LogP contribution is 2.09. The van der Waals surface area contributed by atoms with E-state index in [9.17, 15) is 14.4 Å².